The Labute approximate surface area is 136 Å². The number of benzene rings is 1. The maximum atomic E-state index is 13.0. The van der Waals surface area contributed by atoms with Crippen molar-refractivity contribution in [3.05, 3.63) is 59.7 Å². The molecule has 1 amide bonds. The molecule has 1 saturated carbocycles. The maximum Gasteiger partial charge on any atom is 0.227 e. The molecule has 0 bridgehead atoms. The van der Waals surface area contributed by atoms with Gasteiger partial charge in [0.2, 0.25) is 5.91 Å². The van der Waals surface area contributed by atoms with Gasteiger partial charge in [0.15, 0.2) is 0 Å². The van der Waals surface area contributed by atoms with Gasteiger partial charge < -0.3 is 4.90 Å². The first-order valence-electron chi connectivity index (χ1n) is 8.46. The molecule has 2 aliphatic carbocycles. The molecule has 1 aromatic carbocycles. The molecule has 1 heterocycles. The molecule has 0 N–H and O–H groups in total. The third-order valence-electron chi connectivity index (χ3n) is 4.87. The minimum atomic E-state index is 0.212. The fourth-order valence-corrected chi connectivity index (χ4v) is 3.69. The quantitative estimate of drug-likeness (QED) is 0.872. The fraction of sp³-hybridized carbons (Fsp3) is 0.421. The SMILES string of the molecule is O=C(Cc1cncnc1)N(C1CC1)C1CCCc2ccccc21. The van der Waals surface area contributed by atoms with Crippen molar-refractivity contribution < 1.29 is 4.79 Å². The standard InChI is InChI=1S/C19H21N3O/c23-19(10-14-11-20-13-21-12-14)22(16-8-9-16)18-7-3-5-15-4-1-2-6-17(15)18/h1-2,4,6,11-13,16,18H,3,5,7-10H2. The van der Waals surface area contributed by atoms with Crippen LogP contribution in [0.3, 0.4) is 0 Å². The summed E-state index contributed by atoms with van der Waals surface area (Å²) in [4.78, 5) is 23.2. The summed E-state index contributed by atoms with van der Waals surface area (Å²) >= 11 is 0. The Bertz CT molecular complexity index is 697. The molecule has 0 spiro atoms. The van der Waals surface area contributed by atoms with Crippen LogP contribution in [0, 0.1) is 0 Å². The third kappa shape index (κ3) is 2.98. The van der Waals surface area contributed by atoms with Crippen molar-refractivity contribution in [2.75, 3.05) is 0 Å². The minimum Gasteiger partial charge on any atom is -0.332 e. The molecule has 1 unspecified atom stereocenters. The van der Waals surface area contributed by atoms with Gasteiger partial charge in [0.1, 0.15) is 6.33 Å². The van der Waals surface area contributed by atoms with Crippen molar-refractivity contribution in [3.63, 3.8) is 0 Å². The highest BCUT2D eigenvalue weighted by Crippen LogP contribution is 2.41. The van der Waals surface area contributed by atoms with Gasteiger partial charge in [-0.05, 0) is 48.8 Å². The van der Waals surface area contributed by atoms with E-state index in [1.165, 1.54) is 17.5 Å². The average Bonchev–Trinajstić information content (AvgIpc) is 3.41. The van der Waals surface area contributed by atoms with Crippen LogP contribution in [-0.2, 0) is 17.6 Å². The first-order valence-corrected chi connectivity index (χ1v) is 8.46. The number of rotatable bonds is 4. The number of fused-ring (bicyclic) bond motifs is 1. The van der Waals surface area contributed by atoms with Gasteiger partial charge in [0.25, 0.3) is 0 Å². The second-order valence-corrected chi connectivity index (χ2v) is 6.56. The largest absolute Gasteiger partial charge is 0.332 e. The zero-order valence-electron chi connectivity index (χ0n) is 13.2. The molecule has 118 valence electrons. The van der Waals surface area contributed by atoms with E-state index in [9.17, 15) is 4.79 Å². The number of hydrogen-bond acceptors (Lipinski definition) is 3. The van der Waals surface area contributed by atoms with Gasteiger partial charge in [-0.1, -0.05) is 24.3 Å². The van der Waals surface area contributed by atoms with E-state index in [0.29, 0.717) is 12.5 Å². The molecule has 4 heteroatoms. The van der Waals surface area contributed by atoms with Crippen molar-refractivity contribution in [2.24, 2.45) is 0 Å². The Morgan fingerprint density at radius 1 is 1.13 bits per heavy atom. The molecule has 2 aliphatic rings. The van der Waals surface area contributed by atoms with Crippen LogP contribution >= 0.6 is 0 Å². The van der Waals surface area contributed by atoms with Crippen molar-refractivity contribution in [1.29, 1.82) is 0 Å². The molecule has 4 rings (SSSR count). The van der Waals surface area contributed by atoms with Gasteiger partial charge in [-0.2, -0.15) is 0 Å². The molecule has 1 aromatic heterocycles. The van der Waals surface area contributed by atoms with Crippen molar-refractivity contribution >= 4 is 5.91 Å². The van der Waals surface area contributed by atoms with Crippen LogP contribution in [0.25, 0.3) is 0 Å². The Hall–Kier alpha value is -2.23. The zero-order chi connectivity index (χ0) is 15.6. The average molecular weight is 307 g/mol. The topological polar surface area (TPSA) is 46.1 Å². The second-order valence-electron chi connectivity index (χ2n) is 6.56. The van der Waals surface area contributed by atoms with E-state index in [1.807, 2.05) is 0 Å². The number of nitrogens with zero attached hydrogens (tertiary/aromatic N) is 3. The highest BCUT2D eigenvalue weighted by Gasteiger charge is 2.39. The smallest absolute Gasteiger partial charge is 0.227 e. The summed E-state index contributed by atoms with van der Waals surface area (Å²) in [6.45, 7) is 0. The summed E-state index contributed by atoms with van der Waals surface area (Å²) in [6.07, 6.45) is 11.0. The van der Waals surface area contributed by atoms with Crippen LogP contribution in [-0.4, -0.2) is 26.8 Å². The molecule has 1 atom stereocenters. The van der Waals surface area contributed by atoms with E-state index in [0.717, 1.165) is 37.7 Å². The van der Waals surface area contributed by atoms with E-state index in [1.54, 1.807) is 12.4 Å². The second kappa shape index (κ2) is 6.11. The summed E-state index contributed by atoms with van der Waals surface area (Å²) in [5, 5.41) is 0. The summed E-state index contributed by atoms with van der Waals surface area (Å²) in [5.74, 6) is 0.212. The first-order chi connectivity index (χ1) is 11.3. The minimum absolute atomic E-state index is 0.212. The van der Waals surface area contributed by atoms with Gasteiger partial charge in [0, 0.05) is 18.4 Å². The van der Waals surface area contributed by atoms with Crippen LogP contribution in [0.4, 0.5) is 0 Å². The number of carbonyl (C=O) groups excluding carboxylic acids is 1. The summed E-state index contributed by atoms with van der Waals surface area (Å²) in [7, 11) is 0. The zero-order valence-corrected chi connectivity index (χ0v) is 13.2. The summed E-state index contributed by atoms with van der Waals surface area (Å²) in [6, 6.07) is 9.27. The van der Waals surface area contributed by atoms with E-state index in [4.69, 9.17) is 0 Å². The Morgan fingerprint density at radius 2 is 1.91 bits per heavy atom. The molecular formula is C19H21N3O. The lowest BCUT2D eigenvalue weighted by atomic mass is 9.86. The van der Waals surface area contributed by atoms with Gasteiger partial charge >= 0.3 is 0 Å². The normalized spacial score (nSPS) is 19.9. The first kappa shape index (κ1) is 14.4. The third-order valence-corrected chi connectivity index (χ3v) is 4.87. The van der Waals surface area contributed by atoms with Gasteiger partial charge in [-0.15, -0.1) is 0 Å². The van der Waals surface area contributed by atoms with E-state index >= 15 is 0 Å². The fourth-order valence-electron chi connectivity index (χ4n) is 3.69. The highest BCUT2D eigenvalue weighted by molar-refractivity contribution is 5.80. The number of aromatic nitrogens is 2. The van der Waals surface area contributed by atoms with Crippen LogP contribution in [0.1, 0.15) is 48.4 Å². The molecule has 23 heavy (non-hydrogen) atoms. The monoisotopic (exact) mass is 307 g/mol. The Kier molecular flexibility index (Phi) is 3.82. The highest BCUT2D eigenvalue weighted by atomic mass is 16.2. The van der Waals surface area contributed by atoms with Gasteiger partial charge in [-0.3, -0.25) is 4.79 Å². The number of amides is 1. The van der Waals surface area contributed by atoms with Crippen molar-refractivity contribution in [3.8, 4) is 0 Å². The lowest BCUT2D eigenvalue weighted by molar-refractivity contribution is -0.134. The molecule has 2 aromatic rings. The van der Waals surface area contributed by atoms with Crippen LogP contribution in [0.5, 0.6) is 0 Å². The summed E-state index contributed by atoms with van der Waals surface area (Å²) in [5.41, 5.74) is 3.65. The maximum absolute atomic E-state index is 13.0. The van der Waals surface area contributed by atoms with E-state index in [2.05, 4.69) is 39.1 Å². The van der Waals surface area contributed by atoms with Gasteiger partial charge in [-0.25, -0.2) is 9.97 Å². The predicted molar refractivity (Wildman–Crippen MR) is 87.7 cm³/mol. The molecular weight excluding hydrogens is 286 g/mol. The lowest BCUT2D eigenvalue weighted by Gasteiger charge is -2.36. The lowest BCUT2D eigenvalue weighted by Crippen LogP contribution is -2.39. The van der Waals surface area contributed by atoms with Crippen LogP contribution in [0.2, 0.25) is 0 Å². The van der Waals surface area contributed by atoms with E-state index < -0.39 is 0 Å². The van der Waals surface area contributed by atoms with Crippen molar-refractivity contribution in [1.82, 2.24) is 14.9 Å². The number of hydrogen-bond donors (Lipinski definition) is 0. The Balaban J connectivity index is 1.60. The predicted octanol–water partition coefficient (Wildman–Crippen LogP) is 3.09. The van der Waals surface area contributed by atoms with E-state index in [-0.39, 0.29) is 11.9 Å². The number of carbonyl (C=O) groups is 1. The van der Waals surface area contributed by atoms with Crippen molar-refractivity contribution in [2.45, 2.75) is 50.6 Å². The molecule has 0 saturated heterocycles. The van der Waals surface area contributed by atoms with Gasteiger partial charge in [0.05, 0.1) is 12.5 Å². The molecule has 0 radical (unpaired) electrons. The van der Waals surface area contributed by atoms with Crippen LogP contribution in [0.15, 0.2) is 43.0 Å². The van der Waals surface area contributed by atoms with Crippen LogP contribution < -0.4 is 0 Å². The number of aryl methyl sites for hydroxylation is 1. The Morgan fingerprint density at radius 3 is 2.70 bits per heavy atom. The summed E-state index contributed by atoms with van der Waals surface area (Å²) < 4.78 is 0. The molecule has 1 fully saturated rings. The molecule has 4 nitrogen and oxygen atoms in total. The molecule has 0 aliphatic heterocycles.